The van der Waals surface area contributed by atoms with Crippen molar-refractivity contribution in [3.8, 4) is 0 Å². The summed E-state index contributed by atoms with van der Waals surface area (Å²) >= 11 is 5.34. The first-order chi connectivity index (χ1) is 6.86. The highest BCUT2D eigenvalue weighted by molar-refractivity contribution is 7.80. The highest BCUT2D eigenvalue weighted by Crippen LogP contribution is 2.37. The van der Waals surface area contributed by atoms with Gasteiger partial charge in [-0.05, 0) is 26.1 Å². The summed E-state index contributed by atoms with van der Waals surface area (Å²) in [5.41, 5.74) is 3.33. The fourth-order valence-corrected chi connectivity index (χ4v) is 2.79. The van der Waals surface area contributed by atoms with Gasteiger partial charge in [0, 0.05) is 26.9 Å². The summed E-state index contributed by atoms with van der Waals surface area (Å²) in [6.45, 7) is 5.04. The van der Waals surface area contributed by atoms with Crippen LogP contribution >= 0.6 is 12.2 Å². The summed E-state index contributed by atoms with van der Waals surface area (Å²) in [7, 11) is 4.02. The maximum Gasteiger partial charge on any atom is 0.187 e. The highest BCUT2D eigenvalue weighted by atomic mass is 32.1. The molecule has 2 saturated heterocycles. The molecule has 1 unspecified atom stereocenters. The first kappa shape index (κ1) is 11.1. The molecule has 0 amide bonds. The molecule has 2 fully saturated rings. The van der Waals surface area contributed by atoms with Crippen LogP contribution in [0.15, 0.2) is 0 Å². The minimum absolute atomic E-state index is 0.0480. The molecule has 2 heterocycles. The van der Waals surface area contributed by atoms with E-state index in [-0.39, 0.29) is 11.3 Å². The molecule has 0 bridgehead atoms. The van der Waals surface area contributed by atoms with Crippen molar-refractivity contribution in [2.75, 3.05) is 20.7 Å². The predicted octanol–water partition coefficient (Wildman–Crippen LogP) is 0.938. The van der Waals surface area contributed by atoms with Crippen LogP contribution in [0, 0.1) is 0 Å². The van der Waals surface area contributed by atoms with E-state index in [9.17, 15) is 0 Å². The fourth-order valence-electron chi connectivity index (χ4n) is 2.56. The largest absolute Gasteiger partial charge is 0.375 e. The third-order valence-corrected chi connectivity index (χ3v) is 3.87. The van der Waals surface area contributed by atoms with Crippen LogP contribution in [0.3, 0.4) is 0 Å². The number of hydrazine groups is 1. The van der Waals surface area contributed by atoms with Gasteiger partial charge >= 0.3 is 0 Å². The second kappa shape index (κ2) is 3.30. The number of rotatable bonds is 0. The first-order valence-corrected chi connectivity index (χ1v) is 5.70. The van der Waals surface area contributed by atoms with E-state index in [0.717, 1.165) is 24.6 Å². The molecule has 5 heteroatoms. The van der Waals surface area contributed by atoms with Crippen LogP contribution in [0.5, 0.6) is 0 Å². The molecule has 0 aromatic carbocycles. The van der Waals surface area contributed by atoms with Gasteiger partial charge in [-0.2, -0.15) is 0 Å². The van der Waals surface area contributed by atoms with Crippen LogP contribution in [0.25, 0.3) is 0 Å². The third-order valence-electron chi connectivity index (χ3n) is 3.32. The molecular weight excluding hydrogens is 210 g/mol. The topological polar surface area (TPSA) is 27.7 Å². The van der Waals surface area contributed by atoms with E-state index in [1.165, 1.54) is 0 Å². The minimum Gasteiger partial charge on any atom is -0.375 e. The lowest BCUT2D eigenvalue weighted by atomic mass is 9.88. The predicted molar refractivity (Wildman–Crippen MR) is 63.3 cm³/mol. The van der Waals surface area contributed by atoms with Gasteiger partial charge < -0.3 is 9.64 Å². The lowest BCUT2D eigenvalue weighted by Crippen LogP contribution is -2.59. The molecule has 2 aliphatic heterocycles. The Morgan fingerprint density at radius 2 is 2.07 bits per heavy atom. The van der Waals surface area contributed by atoms with E-state index in [1.54, 1.807) is 0 Å². The molecule has 0 aromatic heterocycles. The van der Waals surface area contributed by atoms with Gasteiger partial charge in [0.15, 0.2) is 5.11 Å². The Morgan fingerprint density at radius 3 is 2.53 bits per heavy atom. The van der Waals surface area contributed by atoms with E-state index >= 15 is 0 Å². The van der Waals surface area contributed by atoms with Gasteiger partial charge in [-0.1, -0.05) is 0 Å². The highest BCUT2D eigenvalue weighted by Gasteiger charge is 2.49. The summed E-state index contributed by atoms with van der Waals surface area (Å²) in [5.74, 6) is 0. The molecule has 1 atom stereocenters. The Hall–Kier alpha value is -0.390. The molecule has 2 rings (SSSR count). The molecule has 1 spiro atoms. The third kappa shape index (κ3) is 1.73. The van der Waals surface area contributed by atoms with Crippen LogP contribution in [-0.4, -0.2) is 47.0 Å². The van der Waals surface area contributed by atoms with Crippen molar-refractivity contribution in [3.63, 3.8) is 0 Å². The van der Waals surface area contributed by atoms with Gasteiger partial charge in [0.25, 0.3) is 0 Å². The monoisotopic (exact) mass is 229 g/mol. The van der Waals surface area contributed by atoms with Gasteiger partial charge in [0.1, 0.15) is 5.66 Å². The average molecular weight is 229 g/mol. The van der Waals surface area contributed by atoms with Crippen molar-refractivity contribution in [2.45, 2.75) is 38.0 Å². The van der Waals surface area contributed by atoms with E-state index < -0.39 is 0 Å². The Labute approximate surface area is 96.5 Å². The number of hydrogen-bond acceptors (Lipinski definition) is 3. The van der Waals surface area contributed by atoms with Crippen LogP contribution in [-0.2, 0) is 4.74 Å². The van der Waals surface area contributed by atoms with Crippen LogP contribution in [0.4, 0.5) is 0 Å². The quantitative estimate of drug-likeness (QED) is 0.624. The number of thiocarbonyl (C=S) groups is 1. The summed E-state index contributed by atoms with van der Waals surface area (Å²) in [6.07, 6.45) is 1.92. The molecule has 0 aliphatic carbocycles. The van der Waals surface area contributed by atoms with Crippen molar-refractivity contribution in [2.24, 2.45) is 0 Å². The molecule has 15 heavy (non-hydrogen) atoms. The van der Waals surface area contributed by atoms with Gasteiger partial charge in [-0.3, -0.25) is 5.01 Å². The standard InChI is InChI=1S/C10H19N3OS/c1-9(2)7-10(5-6-14-9)11-13(4)8(15)12(10)3/h11H,5-7H2,1-4H3. The van der Waals surface area contributed by atoms with Crippen molar-refractivity contribution < 1.29 is 4.74 Å². The number of nitrogens with zero attached hydrogens (tertiary/aromatic N) is 2. The van der Waals surface area contributed by atoms with Crippen molar-refractivity contribution >= 4 is 17.3 Å². The normalized spacial score (nSPS) is 35.3. The van der Waals surface area contributed by atoms with Crippen LogP contribution < -0.4 is 5.43 Å². The van der Waals surface area contributed by atoms with Gasteiger partial charge in [-0.25, -0.2) is 5.43 Å². The molecule has 0 saturated carbocycles. The number of nitrogens with one attached hydrogen (secondary N) is 1. The van der Waals surface area contributed by atoms with Crippen molar-refractivity contribution in [3.05, 3.63) is 0 Å². The zero-order valence-corrected chi connectivity index (χ0v) is 10.6. The molecule has 4 nitrogen and oxygen atoms in total. The second-order valence-corrected chi connectivity index (χ2v) is 5.44. The van der Waals surface area contributed by atoms with E-state index in [1.807, 2.05) is 12.1 Å². The lowest BCUT2D eigenvalue weighted by molar-refractivity contribution is -0.112. The summed E-state index contributed by atoms with van der Waals surface area (Å²) in [4.78, 5) is 2.16. The molecule has 2 aliphatic rings. The number of ether oxygens (including phenoxy) is 1. The molecule has 86 valence electrons. The van der Waals surface area contributed by atoms with Gasteiger partial charge in [0.05, 0.1) is 12.2 Å². The molecule has 0 aromatic rings. The van der Waals surface area contributed by atoms with Crippen LogP contribution in [0.2, 0.25) is 0 Å². The maximum absolute atomic E-state index is 5.74. The first-order valence-electron chi connectivity index (χ1n) is 5.30. The van der Waals surface area contributed by atoms with Crippen LogP contribution in [0.1, 0.15) is 26.7 Å². The Balaban J connectivity index is 2.24. The van der Waals surface area contributed by atoms with E-state index in [2.05, 4.69) is 31.2 Å². The Morgan fingerprint density at radius 1 is 1.40 bits per heavy atom. The van der Waals surface area contributed by atoms with E-state index in [4.69, 9.17) is 17.0 Å². The number of hydrogen-bond donors (Lipinski definition) is 1. The van der Waals surface area contributed by atoms with Crippen molar-refractivity contribution in [1.82, 2.24) is 15.3 Å². The fraction of sp³-hybridized carbons (Fsp3) is 0.900. The Kier molecular flexibility index (Phi) is 2.44. The minimum atomic E-state index is -0.0830. The Bertz CT molecular complexity index is 294. The smallest absolute Gasteiger partial charge is 0.187 e. The molecule has 0 radical (unpaired) electrons. The summed E-state index contributed by atoms with van der Waals surface area (Å²) < 4.78 is 5.74. The van der Waals surface area contributed by atoms with Crippen molar-refractivity contribution in [1.29, 1.82) is 0 Å². The lowest BCUT2D eigenvalue weighted by Gasteiger charge is -2.45. The second-order valence-electron chi connectivity index (χ2n) is 5.08. The SMILES string of the molecule is CN1NC2(CCOC(C)(C)C2)N(C)C1=S. The van der Waals surface area contributed by atoms with E-state index in [0.29, 0.717) is 0 Å². The average Bonchev–Trinajstić information content (AvgIpc) is 2.29. The molecule has 1 N–H and O–H groups in total. The zero-order chi connectivity index (χ0) is 11.3. The molecular formula is C10H19N3OS. The zero-order valence-electron chi connectivity index (χ0n) is 9.83. The summed E-state index contributed by atoms with van der Waals surface area (Å²) in [6, 6.07) is 0. The van der Waals surface area contributed by atoms with Gasteiger partial charge in [0.2, 0.25) is 0 Å². The maximum atomic E-state index is 5.74. The summed E-state index contributed by atoms with van der Waals surface area (Å²) in [5, 5.41) is 2.78. The van der Waals surface area contributed by atoms with Gasteiger partial charge in [-0.15, -0.1) is 0 Å².